The Balaban J connectivity index is 2.33. The molecule has 1 aliphatic heterocycles. The average molecular weight is 317 g/mol. The van der Waals surface area contributed by atoms with Gasteiger partial charge >= 0.3 is 0 Å². The SMILES string of the molecule is Cc1ccc(S(=O)(=O)N[C@@]2(C)CCS(=O)(=O)C2)c(C)c1. The maximum absolute atomic E-state index is 12.4. The lowest BCUT2D eigenvalue weighted by atomic mass is 10.0. The molecule has 0 bridgehead atoms. The van der Waals surface area contributed by atoms with Gasteiger partial charge in [-0.05, 0) is 38.8 Å². The van der Waals surface area contributed by atoms with Gasteiger partial charge in [-0.25, -0.2) is 21.6 Å². The van der Waals surface area contributed by atoms with E-state index in [0.29, 0.717) is 12.0 Å². The lowest BCUT2D eigenvalue weighted by Crippen LogP contribution is -2.46. The van der Waals surface area contributed by atoms with Crippen molar-refractivity contribution < 1.29 is 16.8 Å². The second-order valence-corrected chi connectivity index (χ2v) is 9.61. The van der Waals surface area contributed by atoms with Gasteiger partial charge in [-0.2, -0.15) is 0 Å². The molecule has 7 heteroatoms. The number of hydrogen-bond acceptors (Lipinski definition) is 4. The van der Waals surface area contributed by atoms with Gasteiger partial charge in [0.1, 0.15) is 0 Å². The Morgan fingerprint density at radius 3 is 2.40 bits per heavy atom. The maximum Gasteiger partial charge on any atom is 0.241 e. The molecule has 1 saturated heterocycles. The fourth-order valence-electron chi connectivity index (χ4n) is 2.57. The highest BCUT2D eigenvalue weighted by atomic mass is 32.2. The van der Waals surface area contributed by atoms with Crippen LogP contribution < -0.4 is 4.72 Å². The van der Waals surface area contributed by atoms with E-state index in [1.165, 1.54) is 0 Å². The molecule has 0 aliphatic carbocycles. The largest absolute Gasteiger partial charge is 0.241 e. The molecule has 2 rings (SSSR count). The van der Waals surface area contributed by atoms with E-state index in [0.717, 1.165) is 5.56 Å². The molecule has 112 valence electrons. The first-order valence-electron chi connectivity index (χ1n) is 6.35. The minimum Gasteiger partial charge on any atom is -0.229 e. The number of nitrogens with one attached hydrogen (secondary N) is 1. The van der Waals surface area contributed by atoms with Crippen LogP contribution in [0, 0.1) is 13.8 Å². The van der Waals surface area contributed by atoms with Crippen LogP contribution in [0.3, 0.4) is 0 Å². The molecular weight excluding hydrogens is 298 g/mol. The molecule has 0 amide bonds. The lowest BCUT2D eigenvalue weighted by Gasteiger charge is -2.24. The molecular formula is C13H19NO4S2. The van der Waals surface area contributed by atoms with Gasteiger partial charge in [-0.15, -0.1) is 0 Å². The molecule has 0 radical (unpaired) electrons. The number of aryl methyl sites for hydroxylation is 2. The average Bonchev–Trinajstić information content (AvgIpc) is 2.50. The Kier molecular flexibility index (Phi) is 3.73. The Morgan fingerprint density at radius 2 is 1.90 bits per heavy atom. The van der Waals surface area contributed by atoms with Gasteiger partial charge in [0.05, 0.1) is 16.4 Å². The topological polar surface area (TPSA) is 80.3 Å². The van der Waals surface area contributed by atoms with Crippen LogP contribution in [-0.4, -0.2) is 33.9 Å². The molecule has 0 spiro atoms. The van der Waals surface area contributed by atoms with E-state index in [1.807, 2.05) is 6.92 Å². The summed E-state index contributed by atoms with van der Waals surface area (Å²) in [4.78, 5) is 0.202. The van der Waals surface area contributed by atoms with E-state index in [9.17, 15) is 16.8 Å². The summed E-state index contributed by atoms with van der Waals surface area (Å²) in [5.74, 6) is -0.122. The lowest BCUT2D eigenvalue weighted by molar-refractivity contribution is 0.461. The summed E-state index contributed by atoms with van der Waals surface area (Å²) < 4.78 is 50.5. The standard InChI is InChI=1S/C13H19NO4S2/c1-10-4-5-12(11(2)8-10)20(17,18)14-13(3)6-7-19(15,16)9-13/h4-5,8,14H,6-7,9H2,1-3H3/t13-/m0/s1. The molecule has 20 heavy (non-hydrogen) atoms. The van der Waals surface area contributed by atoms with E-state index in [4.69, 9.17) is 0 Å². The fraction of sp³-hybridized carbons (Fsp3) is 0.538. The minimum atomic E-state index is -3.71. The van der Waals surface area contributed by atoms with Crippen molar-refractivity contribution in [3.63, 3.8) is 0 Å². The summed E-state index contributed by atoms with van der Waals surface area (Å²) in [6, 6.07) is 5.08. The van der Waals surface area contributed by atoms with Crippen molar-refractivity contribution in [3.8, 4) is 0 Å². The summed E-state index contributed by atoms with van der Waals surface area (Å²) in [5, 5.41) is 0. The van der Waals surface area contributed by atoms with Crippen molar-refractivity contribution in [2.75, 3.05) is 11.5 Å². The van der Waals surface area contributed by atoms with Crippen LogP contribution in [-0.2, 0) is 19.9 Å². The van der Waals surface area contributed by atoms with Crippen molar-refractivity contribution in [3.05, 3.63) is 29.3 Å². The predicted molar refractivity (Wildman–Crippen MR) is 77.9 cm³/mol. The normalized spacial score (nSPS) is 25.8. The molecule has 1 fully saturated rings. The number of sulfonamides is 1. The first kappa shape index (κ1) is 15.5. The van der Waals surface area contributed by atoms with Crippen LogP contribution in [0.25, 0.3) is 0 Å². The fourth-order valence-corrected chi connectivity index (χ4v) is 6.42. The van der Waals surface area contributed by atoms with Crippen molar-refractivity contribution in [2.45, 2.75) is 37.6 Å². The van der Waals surface area contributed by atoms with Gasteiger partial charge < -0.3 is 0 Å². The third kappa shape index (κ3) is 3.21. The van der Waals surface area contributed by atoms with Gasteiger partial charge in [0.25, 0.3) is 0 Å². The van der Waals surface area contributed by atoms with Gasteiger partial charge in [-0.1, -0.05) is 17.7 Å². The molecule has 5 nitrogen and oxygen atoms in total. The van der Waals surface area contributed by atoms with Gasteiger partial charge in [0.2, 0.25) is 10.0 Å². The first-order chi connectivity index (χ1) is 9.03. The third-order valence-electron chi connectivity index (χ3n) is 3.50. The maximum atomic E-state index is 12.4. The molecule has 1 aromatic rings. The quantitative estimate of drug-likeness (QED) is 0.907. The van der Waals surface area contributed by atoms with Crippen LogP contribution >= 0.6 is 0 Å². The van der Waals surface area contributed by atoms with Gasteiger partial charge in [0.15, 0.2) is 9.84 Å². The molecule has 1 aliphatic rings. The van der Waals surface area contributed by atoms with E-state index in [1.54, 1.807) is 32.0 Å². The zero-order valence-electron chi connectivity index (χ0n) is 11.8. The van der Waals surface area contributed by atoms with Gasteiger partial charge in [0, 0.05) is 5.54 Å². The second kappa shape index (κ2) is 4.82. The van der Waals surface area contributed by atoms with Gasteiger partial charge in [-0.3, -0.25) is 0 Å². The Hall–Kier alpha value is -0.920. The molecule has 1 atom stereocenters. The number of hydrogen-bond donors (Lipinski definition) is 1. The van der Waals surface area contributed by atoms with Crippen LogP contribution in [0.1, 0.15) is 24.5 Å². The van der Waals surface area contributed by atoms with Crippen LogP contribution in [0.4, 0.5) is 0 Å². The highest BCUT2D eigenvalue weighted by Crippen LogP contribution is 2.26. The van der Waals surface area contributed by atoms with Crippen LogP contribution in [0.15, 0.2) is 23.1 Å². The second-order valence-electron chi connectivity index (χ2n) is 5.78. The molecule has 0 aromatic heterocycles. The first-order valence-corrected chi connectivity index (χ1v) is 9.65. The summed E-state index contributed by atoms with van der Waals surface area (Å²) in [7, 11) is -6.87. The Labute approximate surface area is 120 Å². The molecule has 0 unspecified atom stereocenters. The summed E-state index contributed by atoms with van der Waals surface area (Å²) >= 11 is 0. The van der Waals surface area contributed by atoms with E-state index in [2.05, 4.69) is 4.72 Å². The number of benzene rings is 1. The van der Waals surface area contributed by atoms with E-state index >= 15 is 0 Å². The van der Waals surface area contributed by atoms with E-state index in [-0.39, 0.29) is 16.4 Å². The van der Waals surface area contributed by atoms with Crippen LogP contribution in [0.2, 0.25) is 0 Å². The molecule has 1 aromatic carbocycles. The zero-order chi connectivity index (χ0) is 15.2. The highest BCUT2D eigenvalue weighted by Gasteiger charge is 2.41. The Bertz CT molecular complexity index is 738. The van der Waals surface area contributed by atoms with Crippen LogP contribution in [0.5, 0.6) is 0 Å². The monoisotopic (exact) mass is 317 g/mol. The summed E-state index contributed by atoms with van der Waals surface area (Å²) in [6.45, 7) is 5.26. The predicted octanol–water partition coefficient (Wildman–Crippen LogP) is 1.16. The summed E-state index contributed by atoms with van der Waals surface area (Å²) in [5.41, 5.74) is 0.715. The van der Waals surface area contributed by atoms with Crippen molar-refractivity contribution in [1.82, 2.24) is 4.72 Å². The summed E-state index contributed by atoms with van der Waals surface area (Å²) in [6.07, 6.45) is 0.305. The van der Waals surface area contributed by atoms with Crippen molar-refractivity contribution in [1.29, 1.82) is 0 Å². The smallest absolute Gasteiger partial charge is 0.229 e. The Morgan fingerprint density at radius 1 is 1.25 bits per heavy atom. The highest BCUT2D eigenvalue weighted by molar-refractivity contribution is 7.92. The zero-order valence-corrected chi connectivity index (χ0v) is 13.4. The molecule has 1 N–H and O–H groups in total. The van der Waals surface area contributed by atoms with Crippen molar-refractivity contribution in [2.24, 2.45) is 0 Å². The molecule has 1 heterocycles. The van der Waals surface area contributed by atoms with E-state index < -0.39 is 25.4 Å². The van der Waals surface area contributed by atoms with Crippen molar-refractivity contribution >= 4 is 19.9 Å². The number of sulfone groups is 1. The minimum absolute atomic E-state index is 0.0267. The third-order valence-corrected chi connectivity index (χ3v) is 7.21. The number of rotatable bonds is 3. The molecule has 0 saturated carbocycles.